The molecule has 1 aromatic carbocycles. The van der Waals surface area contributed by atoms with Crippen molar-refractivity contribution in [1.29, 1.82) is 0 Å². The second kappa shape index (κ2) is 5.89. The Balaban J connectivity index is 1.98. The molecule has 22 heavy (non-hydrogen) atoms. The molecule has 1 atom stereocenters. The highest BCUT2D eigenvalue weighted by Crippen LogP contribution is 2.31. The van der Waals surface area contributed by atoms with Gasteiger partial charge in [0.25, 0.3) is 0 Å². The van der Waals surface area contributed by atoms with E-state index in [4.69, 9.17) is 11.6 Å². The van der Waals surface area contributed by atoms with Crippen molar-refractivity contribution < 1.29 is 13.2 Å². The normalized spacial score (nSPS) is 18.8. The van der Waals surface area contributed by atoms with Gasteiger partial charge >= 0.3 is 6.18 Å². The summed E-state index contributed by atoms with van der Waals surface area (Å²) in [5.74, 6) is -0.633. The molecule has 1 aliphatic heterocycles. The highest BCUT2D eigenvalue weighted by atomic mass is 35.5. The van der Waals surface area contributed by atoms with Gasteiger partial charge < -0.3 is 9.88 Å². The van der Waals surface area contributed by atoms with Crippen molar-refractivity contribution in [3.63, 3.8) is 0 Å². The molecule has 0 bridgehead atoms. The van der Waals surface area contributed by atoms with Gasteiger partial charge in [-0.25, -0.2) is 0 Å². The Labute approximate surface area is 130 Å². The first-order valence-electron chi connectivity index (χ1n) is 6.93. The molecule has 1 saturated heterocycles. The van der Waals surface area contributed by atoms with E-state index in [0.29, 0.717) is 16.4 Å². The van der Waals surface area contributed by atoms with E-state index < -0.39 is 12.0 Å². The Hall–Kier alpha value is -1.60. The largest absolute Gasteiger partial charge is 0.451 e. The topological polar surface area (TPSA) is 42.7 Å². The number of halogens is 4. The molecule has 2 heterocycles. The Morgan fingerprint density at radius 1 is 1.23 bits per heavy atom. The zero-order valence-electron chi connectivity index (χ0n) is 11.6. The van der Waals surface area contributed by atoms with Crippen LogP contribution in [0.15, 0.2) is 24.3 Å². The SMILES string of the molecule is FC(F)(F)c1nnc([C@H]2CCCN2)n1Cc1ccc(Cl)cc1. The smallest absolute Gasteiger partial charge is 0.307 e. The molecule has 0 aliphatic carbocycles. The summed E-state index contributed by atoms with van der Waals surface area (Å²) >= 11 is 5.81. The van der Waals surface area contributed by atoms with Gasteiger partial charge in [-0.3, -0.25) is 0 Å². The van der Waals surface area contributed by atoms with Crippen LogP contribution in [0.3, 0.4) is 0 Å². The molecule has 1 N–H and O–H groups in total. The predicted octanol–water partition coefficient (Wildman–Crippen LogP) is 3.42. The van der Waals surface area contributed by atoms with E-state index in [2.05, 4.69) is 15.5 Å². The molecule has 1 aromatic heterocycles. The van der Waals surface area contributed by atoms with Crippen LogP contribution in [0.25, 0.3) is 0 Å². The third kappa shape index (κ3) is 3.10. The van der Waals surface area contributed by atoms with Gasteiger partial charge in [0.15, 0.2) is 5.82 Å². The van der Waals surface area contributed by atoms with Crippen LogP contribution in [0.4, 0.5) is 13.2 Å². The van der Waals surface area contributed by atoms with Crippen LogP contribution in [-0.4, -0.2) is 21.3 Å². The van der Waals surface area contributed by atoms with Crippen LogP contribution in [0.5, 0.6) is 0 Å². The van der Waals surface area contributed by atoms with Gasteiger partial charge in [0.05, 0.1) is 12.6 Å². The molecule has 0 amide bonds. The van der Waals surface area contributed by atoms with Crippen molar-refractivity contribution in [3.05, 3.63) is 46.5 Å². The number of benzene rings is 1. The van der Waals surface area contributed by atoms with Crippen molar-refractivity contribution in [3.8, 4) is 0 Å². The van der Waals surface area contributed by atoms with E-state index >= 15 is 0 Å². The van der Waals surface area contributed by atoms with Crippen LogP contribution in [0.2, 0.25) is 5.02 Å². The Morgan fingerprint density at radius 3 is 2.55 bits per heavy atom. The van der Waals surface area contributed by atoms with Gasteiger partial charge in [-0.1, -0.05) is 23.7 Å². The molecule has 0 spiro atoms. The first-order chi connectivity index (χ1) is 10.4. The summed E-state index contributed by atoms with van der Waals surface area (Å²) in [6, 6.07) is 6.53. The summed E-state index contributed by atoms with van der Waals surface area (Å²) in [7, 11) is 0. The quantitative estimate of drug-likeness (QED) is 0.937. The number of hydrogen-bond acceptors (Lipinski definition) is 3. The van der Waals surface area contributed by atoms with Gasteiger partial charge in [-0.05, 0) is 37.1 Å². The third-order valence-electron chi connectivity index (χ3n) is 3.66. The summed E-state index contributed by atoms with van der Waals surface area (Å²) in [5, 5.41) is 10.9. The van der Waals surface area contributed by atoms with Crippen molar-refractivity contribution in [2.24, 2.45) is 0 Å². The van der Waals surface area contributed by atoms with E-state index in [1.54, 1.807) is 24.3 Å². The molecular weight excluding hydrogens is 317 g/mol. The molecule has 3 rings (SSSR count). The van der Waals surface area contributed by atoms with Crippen molar-refractivity contribution in [2.45, 2.75) is 31.6 Å². The summed E-state index contributed by atoms with van der Waals surface area (Å²) in [6.07, 6.45) is -2.85. The molecule has 118 valence electrons. The number of aromatic nitrogens is 3. The predicted molar refractivity (Wildman–Crippen MR) is 75.6 cm³/mol. The minimum Gasteiger partial charge on any atom is -0.307 e. The third-order valence-corrected chi connectivity index (χ3v) is 3.91. The van der Waals surface area contributed by atoms with E-state index in [1.807, 2.05) is 0 Å². The van der Waals surface area contributed by atoms with Crippen LogP contribution in [-0.2, 0) is 12.7 Å². The maximum Gasteiger partial charge on any atom is 0.451 e. The molecular formula is C14H14ClF3N4. The zero-order valence-corrected chi connectivity index (χ0v) is 12.3. The van der Waals surface area contributed by atoms with Crippen molar-refractivity contribution >= 4 is 11.6 Å². The Bertz CT molecular complexity index is 645. The molecule has 4 nitrogen and oxygen atoms in total. The number of rotatable bonds is 3. The molecule has 1 fully saturated rings. The van der Waals surface area contributed by atoms with Crippen molar-refractivity contribution in [1.82, 2.24) is 20.1 Å². The fourth-order valence-corrected chi connectivity index (χ4v) is 2.74. The molecule has 0 saturated carbocycles. The molecule has 1 aliphatic rings. The highest BCUT2D eigenvalue weighted by Gasteiger charge is 2.39. The maximum atomic E-state index is 13.2. The number of alkyl halides is 3. The fraction of sp³-hybridized carbons (Fsp3) is 0.429. The van der Waals surface area contributed by atoms with Gasteiger partial charge in [-0.2, -0.15) is 13.2 Å². The summed E-state index contributed by atoms with van der Waals surface area (Å²) < 4.78 is 40.6. The maximum absolute atomic E-state index is 13.2. The second-order valence-corrected chi connectivity index (χ2v) is 5.68. The van der Waals surface area contributed by atoms with E-state index in [0.717, 1.165) is 24.0 Å². The fourth-order valence-electron chi connectivity index (χ4n) is 2.62. The first kappa shape index (κ1) is 15.3. The molecule has 2 aromatic rings. The lowest BCUT2D eigenvalue weighted by atomic mass is 10.2. The van der Waals surface area contributed by atoms with E-state index in [-0.39, 0.29) is 12.6 Å². The molecule has 8 heteroatoms. The first-order valence-corrected chi connectivity index (χ1v) is 7.31. The summed E-state index contributed by atoms with van der Waals surface area (Å²) in [5.41, 5.74) is 0.717. The monoisotopic (exact) mass is 330 g/mol. The van der Waals surface area contributed by atoms with E-state index in [1.165, 1.54) is 0 Å². The molecule has 0 radical (unpaired) electrons. The lowest BCUT2D eigenvalue weighted by molar-refractivity contribution is -0.147. The Morgan fingerprint density at radius 2 is 1.95 bits per heavy atom. The van der Waals surface area contributed by atoms with Crippen LogP contribution >= 0.6 is 11.6 Å². The molecule has 0 unspecified atom stereocenters. The van der Waals surface area contributed by atoms with E-state index in [9.17, 15) is 13.2 Å². The number of hydrogen-bond donors (Lipinski definition) is 1. The van der Waals surface area contributed by atoms with Crippen molar-refractivity contribution in [2.75, 3.05) is 6.54 Å². The number of nitrogens with one attached hydrogen (secondary N) is 1. The average Bonchev–Trinajstić information content (AvgIpc) is 3.09. The average molecular weight is 331 g/mol. The summed E-state index contributed by atoms with van der Waals surface area (Å²) in [4.78, 5) is 0. The van der Waals surface area contributed by atoms with Crippen LogP contribution < -0.4 is 5.32 Å². The minimum absolute atomic E-state index is 0.0620. The minimum atomic E-state index is -4.53. The van der Waals surface area contributed by atoms with Crippen LogP contribution in [0, 0.1) is 0 Å². The van der Waals surface area contributed by atoms with Gasteiger partial charge in [0.1, 0.15) is 0 Å². The Kier molecular flexibility index (Phi) is 4.10. The van der Waals surface area contributed by atoms with Gasteiger partial charge in [-0.15, -0.1) is 10.2 Å². The van der Waals surface area contributed by atoms with Crippen LogP contribution in [0.1, 0.15) is 36.1 Å². The second-order valence-electron chi connectivity index (χ2n) is 5.24. The van der Waals surface area contributed by atoms with Gasteiger partial charge in [0.2, 0.25) is 5.82 Å². The summed E-state index contributed by atoms with van der Waals surface area (Å²) in [6.45, 7) is 0.840. The standard InChI is InChI=1S/C14H14ClF3N4/c15-10-5-3-9(4-6-10)8-22-12(11-2-1-7-19-11)20-21-13(22)14(16,17)18/h3-6,11,19H,1-2,7-8H2/t11-/m1/s1. The van der Waals surface area contributed by atoms with Gasteiger partial charge in [0, 0.05) is 5.02 Å². The lowest BCUT2D eigenvalue weighted by Crippen LogP contribution is -2.22. The zero-order chi connectivity index (χ0) is 15.7. The highest BCUT2D eigenvalue weighted by molar-refractivity contribution is 6.30. The number of nitrogens with zero attached hydrogens (tertiary/aromatic N) is 3. The lowest BCUT2D eigenvalue weighted by Gasteiger charge is -2.15.